The van der Waals surface area contributed by atoms with E-state index in [4.69, 9.17) is 30.2 Å². The Labute approximate surface area is 280 Å². The van der Waals surface area contributed by atoms with Crippen LogP contribution in [0.3, 0.4) is 0 Å². The molecule has 6 rings (SSSR count). The van der Waals surface area contributed by atoms with E-state index in [1.807, 2.05) is 0 Å². The molecule has 0 bridgehead atoms. The molecule has 0 radical (unpaired) electrons. The Hall–Kier alpha value is -6.51. The summed E-state index contributed by atoms with van der Waals surface area (Å²) in [6.45, 7) is 5.30. The summed E-state index contributed by atoms with van der Waals surface area (Å²) in [5, 5.41) is 20.7. The number of ether oxygens (including phenoxy) is 1. The fourth-order valence-electron chi connectivity index (χ4n) is 5.12. The molecule has 0 aliphatic carbocycles. The predicted molar refractivity (Wildman–Crippen MR) is 177 cm³/mol. The number of halogens is 3. The van der Waals surface area contributed by atoms with E-state index in [0.717, 1.165) is 6.07 Å². The number of rotatable bonds is 8. The number of anilines is 1. The summed E-state index contributed by atoms with van der Waals surface area (Å²) in [5.74, 6) is -3.96. The Bertz CT molecular complexity index is 2340. The smallest absolute Gasteiger partial charge is 0.328 e. The number of nitrogens with zero attached hydrogens (tertiary/aromatic N) is 4. The molecule has 3 heterocycles. The third-order valence-electron chi connectivity index (χ3n) is 7.19. The van der Waals surface area contributed by atoms with E-state index in [9.17, 15) is 27.6 Å². The Morgan fingerprint density at radius 2 is 1.62 bits per heavy atom. The monoisotopic (exact) mass is 687 g/mol. The van der Waals surface area contributed by atoms with E-state index in [0.29, 0.717) is 34.4 Å². The summed E-state index contributed by atoms with van der Waals surface area (Å²) in [5.41, 5.74) is 7.10. The van der Waals surface area contributed by atoms with E-state index >= 15 is 0 Å². The van der Waals surface area contributed by atoms with Crippen molar-refractivity contribution in [1.82, 2.24) is 19.7 Å². The normalized spacial score (nSPS) is 11.9. The summed E-state index contributed by atoms with van der Waals surface area (Å²) in [7, 11) is 0. The van der Waals surface area contributed by atoms with Crippen molar-refractivity contribution in [3.8, 4) is 28.1 Å². The lowest BCUT2D eigenvalue weighted by atomic mass is 9.99. The number of nitrogens with two attached hydrogens (primary N) is 1. The second-order valence-corrected chi connectivity index (χ2v) is 11.1. The van der Waals surface area contributed by atoms with Crippen LogP contribution in [0.4, 0.5) is 19.0 Å². The molecule has 0 aliphatic rings. The van der Waals surface area contributed by atoms with Gasteiger partial charge in [-0.2, -0.15) is 5.10 Å². The number of carbonyl (C=O) groups is 2. The van der Waals surface area contributed by atoms with Crippen LogP contribution < -0.4 is 15.9 Å². The van der Waals surface area contributed by atoms with Gasteiger partial charge in [-0.05, 0) is 74.9 Å². The van der Waals surface area contributed by atoms with E-state index in [1.54, 1.807) is 32.9 Å². The van der Waals surface area contributed by atoms with Gasteiger partial charge in [-0.15, -0.1) is 0 Å². The molecule has 3 aromatic heterocycles. The highest BCUT2D eigenvalue weighted by molar-refractivity contribution is 5.98. The van der Waals surface area contributed by atoms with Gasteiger partial charge in [0.1, 0.15) is 46.9 Å². The van der Waals surface area contributed by atoms with Crippen molar-refractivity contribution in [2.75, 3.05) is 5.73 Å². The Morgan fingerprint density at radius 3 is 2.26 bits per heavy atom. The molecule has 256 valence electrons. The third-order valence-corrected chi connectivity index (χ3v) is 7.19. The van der Waals surface area contributed by atoms with Gasteiger partial charge >= 0.3 is 11.9 Å². The van der Waals surface area contributed by atoms with Crippen molar-refractivity contribution in [1.29, 1.82) is 0 Å². The highest BCUT2D eigenvalue weighted by Crippen LogP contribution is 2.37. The molecule has 0 saturated carbocycles. The molecule has 0 aliphatic heterocycles. The van der Waals surface area contributed by atoms with E-state index in [2.05, 4.69) is 9.97 Å². The molecule has 0 amide bonds. The molecular formula is C35H28F3N5O7. The van der Waals surface area contributed by atoms with Crippen molar-refractivity contribution in [3.05, 3.63) is 113 Å². The molecule has 6 aromatic rings. The van der Waals surface area contributed by atoms with Crippen LogP contribution in [-0.2, 0) is 9.59 Å². The standard InChI is InChI=1S/C31H24F3N5O3.C4H4O4/c1-15(2)41-24-9-7-18(12-22(24)34)27-26-30(35)36-14-37-31(26)39(38-27)16(3)29-25(17-5-4-6-19(32)11-17)28(40)21-13-20(33)8-10-23(21)42-29;5-3(6)1-2-4(7)8/h4-16H,1-3H3,(H2,35,36,37);1-2H,(H,5,6)(H,7,8)/b;2-1-. The third kappa shape index (κ3) is 7.31. The first kappa shape index (κ1) is 34.8. The molecule has 4 N–H and O–H groups in total. The van der Waals surface area contributed by atoms with Crippen molar-refractivity contribution in [2.45, 2.75) is 32.9 Å². The van der Waals surface area contributed by atoms with Crippen molar-refractivity contribution < 1.29 is 42.1 Å². The van der Waals surface area contributed by atoms with Gasteiger partial charge in [-0.3, -0.25) is 4.79 Å². The molecule has 50 heavy (non-hydrogen) atoms. The van der Waals surface area contributed by atoms with Crippen LogP contribution in [0.5, 0.6) is 5.75 Å². The maximum atomic E-state index is 15.0. The largest absolute Gasteiger partial charge is 0.488 e. The number of fused-ring (bicyclic) bond motifs is 2. The zero-order chi connectivity index (χ0) is 36.3. The maximum Gasteiger partial charge on any atom is 0.328 e. The van der Waals surface area contributed by atoms with E-state index in [1.165, 1.54) is 53.5 Å². The minimum atomic E-state index is -1.26. The number of nitrogen functional groups attached to an aromatic ring is 1. The van der Waals surface area contributed by atoms with Crippen LogP contribution in [0.15, 0.2) is 88.4 Å². The van der Waals surface area contributed by atoms with Gasteiger partial charge in [0.25, 0.3) is 0 Å². The summed E-state index contributed by atoms with van der Waals surface area (Å²) in [4.78, 5) is 41.4. The first-order valence-corrected chi connectivity index (χ1v) is 14.9. The predicted octanol–water partition coefficient (Wildman–Crippen LogP) is 6.37. The quantitative estimate of drug-likeness (QED) is 0.151. The molecule has 12 nitrogen and oxygen atoms in total. The van der Waals surface area contributed by atoms with Crippen LogP contribution in [0.25, 0.3) is 44.4 Å². The van der Waals surface area contributed by atoms with Crippen LogP contribution in [0.2, 0.25) is 0 Å². The molecule has 0 fully saturated rings. The molecule has 0 saturated heterocycles. The van der Waals surface area contributed by atoms with Gasteiger partial charge in [-0.1, -0.05) is 12.1 Å². The number of aliphatic carboxylic acids is 2. The highest BCUT2D eigenvalue weighted by Gasteiger charge is 2.27. The summed E-state index contributed by atoms with van der Waals surface area (Å²) in [6, 6.07) is 12.7. The fraction of sp³-hybridized carbons (Fsp3) is 0.143. The minimum absolute atomic E-state index is 0.00183. The highest BCUT2D eigenvalue weighted by atomic mass is 19.1. The number of benzene rings is 3. The fourth-order valence-corrected chi connectivity index (χ4v) is 5.12. The van der Waals surface area contributed by atoms with Crippen molar-refractivity contribution in [3.63, 3.8) is 0 Å². The molecular weight excluding hydrogens is 659 g/mol. The number of hydrogen-bond donors (Lipinski definition) is 3. The first-order valence-electron chi connectivity index (χ1n) is 14.9. The number of hydrogen-bond acceptors (Lipinski definition) is 9. The summed E-state index contributed by atoms with van der Waals surface area (Å²) < 4.78 is 56.6. The van der Waals surface area contributed by atoms with Crippen molar-refractivity contribution in [2.24, 2.45) is 0 Å². The van der Waals surface area contributed by atoms with Gasteiger partial charge in [0, 0.05) is 17.7 Å². The minimum Gasteiger partial charge on any atom is -0.488 e. The SMILES string of the molecule is CC(C)Oc1ccc(-c2nn(C(C)c3oc4ccc(F)cc4c(=O)c3-c3cccc(F)c3)c3ncnc(N)c23)cc1F.O=C(O)/C=C\C(=O)O. The zero-order valence-electron chi connectivity index (χ0n) is 26.6. The van der Waals surface area contributed by atoms with Gasteiger partial charge in [0.15, 0.2) is 17.2 Å². The maximum absolute atomic E-state index is 15.0. The lowest BCUT2D eigenvalue weighted by Gasteiger charge is -2.17. The number of carboxylic acid groups (broad SMARTS) is 2. The average molecular weight is 688 g/mol. The van der Waals surface area contributed by atoms with Gasteiger partial charge < -0.3 is 25.1 Å². The lowest BCUT2D eigenvalue weighted by Crippen LogP contribution is -2.16. The van der Waals surface area contributed by atoms with E-state index < -0.39 is 40.9 Å². The summed E-state index contributed by atoms with van der Waals surface area (Å²) >= 11 is 0. The molecule has 0 spiro atoms. The molecule has 3 aromatic carbocycles. The van der Waals surface area contributed by atoms with Gasteiger partial charge in [-0.25, -0.2) is 37.4 Å². The Balaban J connectivity index is 0.000000544. The van der Waals surface area contributed by atoms with Gasteiger partial charge in [0.2, 0.25) is 5.43 Å². The zero-order valence-corrected chi connectivity index (χ0v) is 26.6. The van der Waals surface area contributed by atoms with Crippen LogP contribution in [0.1, 0.15) is 32.6 Å². The second kappa shape index (κ2) is 14.3. The van der Waals surface area contributed by atoms with Crippen LogP contribution in [-0.4, -0.2) is 48.0 Å². The first-order chi connectivity index (χ1) is 23.7. The van der Waals surface area contributed by atoms with Crippen LogP contribution in [0, 0.1) is 17.5 Å². The molecule has 15 heteroatoms. The lowest BCUT2D eigenvalue weighted by molar-refractivity contribution is -0.134. The average Bonchev–Trinajstić information content (AvgIpc) is 3.46. The second-order valence-electron chi connectivity index (χ2n) is 11.1. The van der Waals surface area contributed by atoms with Crippen LogP contribution >= 0.6 is 0 Å². The number of carboxylic acids is 2. The Kier molecular flexibility index (Phi) is 9.96. The summed E-state index contributed by atoms with van der Waals surface area (Å²) in [6.07, 6.45) is 2.15. The van der Waals surface area contributed by atoms with Crippen molar-refractivity contribution >= 4 is 39.8 Å². The molecule has 1 unspecified atom stereocenters. The topological polar surface area (TPSA) is 184 Å². The number of aromatic nitrogens is 4. The molecule has 1 atom stereocenters. The Morgan fingerprint density at radius 1 is 0.920 bits per heavy atom. The van der Waals surface area contributed by atoms with Gasteiger partial charge in [0.05, 0.1) is 22.4 Å². The van der Waals surface area contributed by atoms with E-state index in [-0.39, 0.29) is 45.5 Å².